The van der Waals surface area contributed by atoms with Crippen LogP contribution in [0.5, 0.6) is 0 Å². The highest BCUT2D eigenvalue weighted by Gasteiger charge is 2.30. The molecule has 1 aliphatic rings. The van der Waals surface area contributed by atoms with Gasteiger partial charge < -0.3 is 4.74 Å². The first-order chi connectivity index (χ1) is 7.05. The normalized spacial score (nSPS) is 24.3. The molecule has 0 aliphatic carbocycles. The van der Waals surface area contributed by atoms with E-state index < -0.39 is 0 Å². The molecule has 1 saturated heterocycles. The second-order valence-electron chi connectivity index (χ2n) is 5.02. The second kappa shape index (κ2) is 3.95. The van der Waals surface area contributed by atoms with Crippen molar-refractivity contribution in [1.82, 2.24) is 5.32 Å². The summed E-state index contributed by atoms with van der Waals surface area (Å²) in [5, 5.41) is 3.47. The molecule has 1 unspecified atom stereocenters. The SMILES string of the molecule is Cc1ccc(CC2NC(C)(C)CO2)cc1. The Morgan fingerprint density at radius 3 is 2.53 bits per heavy atom. The molecule has 1 N–H and O–H groups in total. The summed E-state index contributed by atoms with van der Waals surface area (Å²) >= 11 is 0. The molecule has 1 aromatic carbocycles. The van der Waals surface area contributed by atoms with E-state index in [1.807, 2.05) is 0 Å². The molecule has 82 valence electrons. The van der Waals surface area contributed by atoms with Crippen LogP contribution < -0.4 is 5.32 Å². The third-order valence-corrected chi connectivity index (χ3v) is 2.74. The Balaban J connectivity index is 1.96. The minimum Gasteiger partial charge on any atom is -0.361 e. The van der Waals surface area contributed by atoms with E-state index in [-0.39, 0.29) is 11.8 Å². The van der Waals surface area contributed by atoms with Crippen molar-refractivity contribution in [3.05, 3.63) is 35.4 Å². The Hall–Kier alpha value is -0.860. The van der Waals surface area contributed by atoms with Crippen molar-refractivity contribution in [3.8, 4) is 0 Å². The predicted molar refractivity (Wildman–Crippen MR) is 61.8 cm³/mol. The number of hydrogen-bond donors (Lipinski definition) is 1. The third kappa shape index (κ3) is 2.80. The van der Waals surface area contributed by atoms with Crippen molar-refractivity contribution in [2.45, 2.75) is 39.0 Å². The molecule has 0 amide bonds. The van der Waals surface area contributed by atoms with Crippen LogP contribution in [0.1, 0.15) is 25.0 Å². The largest absolute Gasteiger partial charge is 0.361 e. The fourth-order valence-electron chi connectivity index (χ4n) is 1.88. The van der Waals surface area contributed by atoms with Gasteiger partial charge in [-0.3, -0.25) is 5.32 Å². The van der Waals surface area contributed by atoms with E-state index in [4.69, 9.17) is 4.74 Å². The van der Waals surface area contributed by atoms with Crippen LogP contribution >= 0.6 is 0 Å². The van der Waals surface area contributed by atoms with Crippen LogP contribution in [0.15, 0.2) is 24.3 Å². The maximum absolute atomic E-state index is 5.69. The van der Waals surface area contributed by atoms with Gasteiger partial charge in [-0.2, -0.15) is 0 Å². The minimum absolute atomic E-state index is 0.120. The highest BCUT2D eigenvalue weighted by atomic mass is 16.5. The zero-order chi connectivity index (χ0) is 10.9. The monoisotopic (exact) mass is 205 g/mol. The van der Waals surface area contributed by atoms with Crippen molar-refractivity contribution < 1.29 is 4.74 Å². The topological polar surface area (TPSA) is 21.3 Å². The average Bonchev–Trinajstić information content (AvgIpc) is 2.50. The molecule has 1 atom stereocenters. The maximum Gasteiger partial charge on any atom is 0.112 e. The molecule has 2 nitrogen and oxygen atoms in total. The van der Waals surface area contributed by atoms with Crippen LogP contribution in [0, 0.1) is 6.92 Å². The Morgan fingerprint density at radius 2 is 2.00 bits per heavy atom. The molecule has 1 aromatic rings. The van der Waals surface area contributed by atoms with Gasteiger partial charge in [0, 0.05) is 12.0 Å². The Kier molecular flexibility index (Phi) is 2.81. The first-order valence-electron chi connectivity index (χ1n) is 5.50. The van der Waals surface area contributed by atoms with E-state index in [2.05, 4.69) is 50.4 Å². The van der Waals surface area contributed by atoms with Gasteiger partial charge in [0.05, 0.1) is 6.61 Å². The Morgan fingerprint density at radius 1 is 1.33 bits per heavy atom. The number of nitrogens with one attached hydrogen (secondary N) is 1. The molecule has 0 spiro atoms. The molecular weight excluding hydrogens is 186 g/mol. The molecule has 0 saturated carbocycles. The summed E-state index contributed by atoms with van der Waals surface area (Å²) in [6.45, 7) is 7.24. The van der Waals surface area contributed by atoms with E-state index in [9.17, 15) is 0 Å². The van der Waals surface area contributed by atoms with Gasteiger partial charge in [0.1, 0.15) is 6.23 Å². The van der Waals surface area contributed by atoms with E-state index in [1.165, 1.54) is 11.1 Å². The molecule has 2 rings (SSSR count). The van der Waals surface area contributed by atoms with Gasteiger partial charge in [0.25, 0.3) is 0 Å². The van der Waals surface area contributed by atoms with Crippen LogP contribution in [0.4, 0.5) is 0 Å². The summed E-state index contributed by atoms with van der Waals surface area (Å²) in [6.07, 6.45) is 1.12. The first-order valence-corrected chi connectivity index (χ1v) is 5.50. The summed E-state index contributed by atoms with van der Waals surface area (Å²) in [4.78, 5) is 0. The molecular formula is C13H19NO. The van der Waals surface area contributed by atoms with Crippen molar-refractivity contribution >= 4 is 0 Å². The Bertz CT molecular complexity index is 329. The number of ether oxygens (including phenoxy) is 1. The Labute approximate surface area is 91.6 Å². The van der Waals surface area contributed by atoms with Gasteiger partial charge in [-0.05, 0) is 26.3 Å². The number of rotatable bonds is 2. The number of aryl methyl sites for hydroxylation is 1. The highest BCUT2D eigenvalue weighted by Crippen LogP contribution is 2.17. The lowest BCUT2D eigenvalue weighted by atomic mass is 10.1. The van der Waals surface area contributed by atoms with Crippen LogP contribution in [-0.2, 0) is 11.2 Å². The molecule has 0 radical (unpaired) electrons. The summed E-state index contributed by atoms with van der Waals surface area (Å²) < 4.78 is 5.69. The van der Waals surface area contributed by atoms with Gasteiger partial charge in [0.15, 0.2) is 0 Å². The summed E-state index contributed by atoms with van der Waals surface area (Å²) in [7, 11) is 0. The molecule has 1 fully saturated rings. The molecule has 0 bridgehead atoms. The smallest absolute Gasteiger partial charge is 0.112 e. The average molecular weight is 205 g/mol. The quantitative estimate of drug-likeness (QED) is 0.799. The molecule has 15 heavy (non-hydrogen) atoms. The van der Waals surface area contributed by atoms with E-state index in [1.54, 1.807) is 0 Å². The fraction of sp³-hybridized carbons (Fsp3) is 0.538. The van der Waals surface area contributed by atoms with Crippen LogP contribution in [-0.4, -0.2) is 18.4 Å². The lowest BCUT2D eigenvalue weighted by molar-refractivity contribution is 0.0987. The van der Waals surface area contributed by atoms with Crippen molar-refractivity contribution in [2.24, 2.45) is 0 Å². The van der Waals surface area contributed by atoms with Crippen molar-refractivity contribution in [1.29, 1.82) is 0 Å². The van der Waals surface area contributed by atoms with E-state index in [0.717, 1.165) is 13.0 Å². The molecule has 0 aromatic heterocycles. The van der Waals surface area contributed by atoms with Gasteiger partial charge in [0.2, 0.25) is 0 Å². The highest BCUT2D eigenvalue weighted by molar-refractivity contribution is 5.22. The van der Waals surface area contributed by atoms with Crippen molar-refractivity contribution in [3.63, 3.8) is 0 Å². The number of benzene rings is 1. The molecule has 1 heterocycles. The van der Waals surface area contributed by atoms with Gasteiger partial charge in [-0.1, -0.05) is 29.8 Å². The van der Waals surface area contributed by atoms with Crippen LogP contribution in [0.2, 0.25) is 0 Å². The lowest BCUT2D eigenvalue weighted by Gasteiger charge is -2.17. The van der Waals surface area contributed by atoms with Crippen LogP contribution in [0.3, 0.4) is 0 Å². The zero-order valence-electron chi connectivity index (χ0n) is 9.71. The molecule has 1 aliphatic heterocycles. The van der Waals surface area contributed by atoms with Crippen molar-refractivity contribution in [2.75, 3.05) is 6.61 Å². The van der Waals surface area contributed by atoms with E-state index >= 15 is 0 Å². The van der Waals surface area contributed by atoms with Gasteiger partial charge in [-0.15, -0.1) is 0 Å². The van der Waals surface area contributed by atoms with Crippen LogP contribution in [0.25, 0.3) is 0 Å². The standard InChI is InChI=1S/C13H19NO/c1-10-4-6-11(7-5-10)8-12-14-13(2,3)9-15-12/h4-7,12,14H,8-9H2,1-3H3. The number of hydrogen-bond acceptors (Lipinski definition) is 2. The first kappa shape index (κ1) is 10.7. The van der Waals surface area contributed by atoms with E-state index in [0.29, 0.717) is 0 Å². The molecule has 2 heteroatoms. The van der Waals surface area contributed by atoms with Gasteiger partial charge >= 0.3 is 0 Å². The summed E-state index contributed by atoms with van der Waals surface area (Å²) in [5.41, 5.74) is 2.75. The second-order valence-corrected chi connectivity index (χ2v) is 5.02. The lowest BCUT2D eigenvalue weighted by Crippen LogP contribution is -2.39. The third-order valence-electron chi connectivity index (χ3n) is 2.74. The summed E-state index contributed by atoms with van der Waals surface area (Å²) in [5.74, 6) is 0. The maximum atomic E-state index is 5.69. The summed E-state index contributed by atoms with van der Waals surface area (Å²) in [6, 6.07) is 8.64. The minimum atomic E-state index is 0.120. The van der Waals surface area contributed by atoms with Gasteiger partial charge in [-0.25, -0.2) is 0 Å². The predicted octanol–water partition coefficient (Wildman–Crippen LogP) is 2.26. The zero-order valence-corrected chi connectivity index (χ0v) is 9.71. The fourth-order valence-corrected chi connectivity index (χ4v) is 1.88.